The molecule has 0 radical (unpaired) electrons. The molecule has 9 heavy (non-hydrogen) atoms. The molecular formula is C5H8ClNO2. The first-order valence-corrected chi connectivity index (χ1v) is 2.82. The molecule has 52 valence electrons. The molecule has 4 heteroatoms. The highest BCUT2D eigenvalue weighted by molar-refractivity contribution is 6.25. The number of hydrogen-bond acceptors (Lipinski definition) is 2. The van der Waals surface area contributed by atoms with Crippen molar-refractivity contribution in [3.05, 3.63) is 11.6 Å². The largest absolute Gasteiger partial charge is 0.368 e. The van der Waals surface area contributed by atoms with Crippen LogP contribution in [0.5, 0.6) is 0 Å². The average molecular weight is 150 g/mol. The van der Waals surface area contributed by atoms with Gasteiger partial charge in [0.1, 0.15) is 6.61 Å². The fraction of sp³-hybridized carbons (Fsp3) is 0.400. The number of rotatable bonds is 4. The van der Waals surface area contributed by atoms with Crippen LogP contribution in [-0.4, -0.2) is 19.1 Å². The first-order chi connectivity index (χ1) is 4.27. The third-order valence-electron chi connectivity index (χ3n) is 0.547. The van der Waals surface area contributed by atoms with Crippen molar-refractivity contribution in [2.75, 3.05) is 13.2 Å². The average Bonchev–Trinajstić information content (AvgIpc) is 1.80. The van der Waals surface area contributed by atoms with Crippen molar-refractivity contribution in [1.29, 1.82) is 0 Å². The number of amides is 1. The molecule has 0 aromatic rings. The SMILES string of the molecule is NC(=O)COC/C=C/Cl. The van der Waals surface area contributed by atoms with E-state index in [1.165, 1.54) is 5.54 Å². The van der Waals surface area contributed by atoms with Gasteiger partial charge in [-0.3, -0.25) is 4.79 Å². The van der Waals surface area contributed by atoms with Gasteiger partial charge in [-0.05, 0) is 6.08 Å². The lowest BCUT2D eigenvalue weighted by molar-refractivity contribution is -0.122. The maximum Gasteiger partial charge on any atom is 0.243 e. The highest BCUT2D eigenvalue weighted by Crippen LogP contribution is 1.79. The van der Waals surface area contributed by atoms with Gasteiger partial charge in [0.05, 0.1) is 6.61 Å². The minimum Gasteiger partial charge on any atom is -0.368 e. The molecule has 0 heterocycles. The van der Waals surface area contributed by atoms with E-state index in [-0.39, 0.29) is 6.61 Å². The Labute approximate surface area is 58.4 Å². The molecule has 0 bridgehead atoms. The predicted octanol–water partition coefficient (Wildman–Crippen LogP) is 0.241. The van der Waals surface area contributed by atoms with Crippen molar-refractivity contribution in [3.63, 3.8) is 0 Å². The molecule has 0 saturated heterocycles. The first kappa shape index (κ1) is 8.46. The van der Waals surface area contributed by atoms with Crippen LogP contribution in [0.1, 0.15) is 0 Å². The van der Waals surface area contributed by atoms with Crippen LogP contribution in [0.4, 0.5) is 0 Å². The molecule has 0 saturated carbocycles. The van der Waals surface area contributed by atoms with E-state index in [4.69, 9.17) is 17.3 Å². The third-order valence-corrected chi connectivity index (χ3v) is 0.726. The van der Waals surface area contributed by atoms with Gasteiger partial charge in [-0.25, -0.2) is 0 Å². The van der Waals surface area contributed by atoms with Crippen molar-refractivity contribution in [2.45, 2.75) is 0 Å². The monoisotopic (exact) mass is 149 g/mol. The van der Waals surface area contributed by atoms with E-state index in [0.29, 0.717) is 6.61 Å². The van der Waals surface area contributed by atoms with Crippen LogP contribution in [0.15, 0.2) is 11.6 Å². The molecule has 2 N–H and O–H groups in total. The topological polar surface area (TPSA) is 52.3 Å². The van der Waals surface area contributed by atoms with Gasteiger partial charge in [0, 0.05) is 5.54 Å². The number of ether oxygens (including phenoxy) is 1. The number of halogens is 1. The molecule has 0 fully saturated rings. The quantitative estimate of drug-likeness (QED) is 0.583. The smallest absolute Gasteiger partial charge is 0.243 e. The highest BCUT2D eigenvalue weighted by Gasteiger charge is 1.88. The Bertz CT molecular complexity index is 114. The molecule has 0 atom stereocenters. The lowest BCUT2D eigenvalue weighted by Crippen LogP contribution is -2.17. The zero-order valence-electron chi connectivity index (χ0n) is 4.84. The number of primary amides is 1. The lowest BCUT2D eigenvalue weighted by atomic mass is 10.6. The second-order valence-corrected chi connectivity index (χ2v) is 1.60. The summed E-state index contributed by atoms with van der Waals surface area (Å²) in [6.07, 6.45) is 1.57. The fourth-order valence-electron chi connectivity index (χ4n) is 0.264. The van der Waals surface area contributed by atoms with E-state index in [9.17, 15) is 4.79 Å². The van der Waals surface area contributed by atoms with E-state index in [2.05, 4.69) is 4.74 Å². The molecule has 0 aromatic carbocycles. The molecule has 0 aliphatic heterocycles. The Balaban J connectivity index is 3.01. The van der Waals surface area contributed by atoms with Crippen molar-refractivity contribution in [2.24, 2.45) is 5.73 Å². The van der Waals surface area contributed by atoms with Crippen LogP contribution >= 0.6 is 11.6 Å². The van der Waals surface area contributed by atoms with Gasteiger partial charge in [-0.15, -0.1) is 0 Å². The van der Waals surface area contributed by atoms with Crippen LogP contribution in [0.2, 0.25) is 0 Å². The summed E-state index contributed by atoms with van der Waals surface area (Å²) in [4.78, 5) is 10.0. The molecule has 0 aromatic heterocycles. The van der Waals surface area contributed by atoms with Crippen LogP contribution < -0.4 is 5.73 Å². The summed E-state index contributed by atoms with van der Waals surface area (Å²) in [5.74, 6) is -0.474. The van der Waals surface area contributed by atoms with Gasteiger partial charge in [0.15, 0.2) is 0 Å². The minimum atomic E-state index is -0.474. The van der Waals surface area contributed by atoms with Gasteiger partial charge in [-0.1, -0.05) is 11.6 Å². The number of nitrogens with two attached hydrogens (primary N) is 1. The fourth-order valence-corrected chi connectivity index (χ4v) is 0.337. The predicted molar refractivity (Wildman–Crippen MR) is 35.0 cm³/mol. The maximum atomic E-state index is 10.0. The molecule has 0 rings (SSSR count). The van der Waals surface area contributed by atoms with Gasteiger partial charge in [0.2, 0.25) is 5.91 Å². The van der Waals surface area contributed by atoms with Gasteiger partial charge >= 0.3 is 0 Å². The van der Waals surface area contributed by atoms with E-state index >= 15 is 0 Å². The summed E-state index contributed by atoms with van der Waals surface area (Å²) in [7, 11) is 0. The number of carbonyl (C=O) groups is 1. The zero-order valence-corrected chi connectivity index (χ0v) is 5.60. The van der Waals surface area contributed by atoms with Crippen molar-refractivity contribution in [3.8, 4) is 0 Å². The Kier molecular flexibility index (Phi) is 5.26. The standard InChI is InChI=1S/C5H8ClNO2/c6-2-1-3-9-4-5(7)8/h1-2H,3-4H2,(H2,7,8)/b2-1+. The second kappa shape index (κ2) is 5.59. The van der Waals surface area contributed by atoms with Crippen molar-refractivity contribution < 1.29 is 9.53 Å². The zero-order chi connectivity index (χ0) is 7.11. The molecule has 0 spiro atoms. The minimum absolute atomic E-state index is 0.0543. The van der Waals surface area contributed by atoms with Crippen LogP contribution in [-0.2, 0) is 9.53 Å². The highest BCUT2D eigenvalue weighted by atomic mass is 35.5. The van der Waals surface area contributed by atoms with Gasteiger partial charge in [0.25, 0.3) is 0 Å². The van der Waals surface area contributed by atoms with E-state index in [1.54, 1.807) is 6.08 Å². The Morgan fingerprint density at radius 2 is 2.44 bits per heavy atom. The van der Waals surface area contributed by atoms with Crippen LogP contribution in [0.25, 0.3) is 0 Å². The van der Waals surface area contributed by atoms with Crippen molar-refractivity contribution in [1.82, 2.24) is 0 Å². The summed E-state index contributed by atoms with van der Waals surface area (Å²) in [6, 6.07) is 0. The summed E-state index contributed by atoms with van der Waals surface area (Å²) in [5.41, 5.74) is 6.07. The molecule has 0 aliphatic carbocycles. The van der Waals surface area contributed by atoms with E-state index in [1.807, 2.05) is 0 Å². The van der Waals surface area contributed by atoms with E-state index < -0.39 is 5.91 Å². The Morgan fingerprint density at radius 1 is 1.78 bits per heavy atom. The summed E-state index contributed by atoms with van der Waals surface area (Å²) in [5, 5.41) is 0. The van der Waals surface area contributed by atoms with Crippen molar-refractivity contribution >= 4 is 17.5 Å². The van der Waals surface area contributed by atoms with Crippen LogP contribution in [0.3, 0.4) is 0 Å². The molecule has 1 amide bonds. The van der Waals surface area contributed by atoms with Gasteiger partial charge < -0.3 is 10.5 Å². The normalized spacial score (nSPS) is 10.3. The molecular weight excluding hydrogens is 142 g/mol. The van der Waals surface area contributed by atoms with Gasteiger partial charge in [-0.2, -0.15) is 0 Å². The number of carbonyl (C=O) groups excluding carboxylic acids is 1. The first-order valence-electron chi connectivity index (χ1n) is 2.38. The summed E-state index contributed by atoms with van der Waals surface area (Å²) >= 11 is 5.14. The maximum absolute atomic E-state index is 10.0. The lowest BCUT2D eigenvalue weighted by Gasteiger charge is -1.93. The Morgan fingerprint density at radius 3 is 2.89 bits per heavy atom. The summed E-state index contributed by atoms with van der Waals surface area (Å²) in [6.45, 7) is 0.271. The number of hydrogen-bond donors (Lipinski definition) is 1. The molecule has 0 unspecified atom stereocenters. The third kappa shape index (κ3) is 7.46. The Hall–Kier alpha value is -0.540. The summed E-state index contributed by atoms with van der Waals surface area (Å²) < 4.78 is 4.69. The molecule has 3 nitrogen and oxygen atoms in total. The van der Waals surface area contributed by atoms with Crippen LogP contribution in [0, 0.1) is 0 Å². The molecule has 0 aliphatic rings. The second-order valence-electron chi connectivity index (χ2n) is 1.34. The van der Waals surface area contributed by atoms with E-state index in [0.717, 1.165) is 0 Å².